The summed E-state index contributed by atoms with van der Waals surface area (Å²) in [7, 11) is 1.78. The minimum atomic E-state index is -0.0842. The highest BCUT2D eigenvalue weighted by molar-refractivity contribution is 9.10. The standard InChI is InChI=1S/C10H11BrN2O/c1-13-10(6-14)7-2-3-8(5-12)9(11)4-7/h2-4,10,13-14H,6H2,1H3. The molecule has 0 radical (unpaired) electrons. The maximum Gasteiger partial charge on any atom is 0.100 e. The molecule has 1 unspecified atom stereocenters. The Balaban J connectivity index is 3.02. The maximum absolute atomic E-state index is 9.05. The summed E-state index contributed by atoms with van der Waals surface area (Å²) in [5, 5.41) is 20.8. The highest BCUT2D eigenvalue weighted by Crippen LogP contribution is 2.21. The Morgan fingerprint density at radius 2 is 2.36 bits per heavy atom. The van der Waals surface area contributed by atoms with Gasteiger partial charge in [-0.1, -0.05) is 6.07 Å². The quantitative estimate of drug-likeness (QED) is 0.862. The van der Waals surface area contributed by atoms with E-state index in [1.165, 1.54) is 0 Å². The summed E-state index contributed by atoms with van der Waals surface area (Å²) >= 11 is 3.30. The van der Waals surface area contributed by atoms with Gasteiger partial charge in [0.05, 0.1) is 18.2 Å². The molecular formula is C10H11BrN2O. The lowest BCUT2D eigenvalue weighted by molar-refractivity contribution is 0.251. The molecule has 0 heterocycles. The van der Waals surface area contributed by atoms with Gasteiger partial charge in [-0.25, -0.2) is 0 Å². The average Bonchev–Trinajstić information content (AvgIpc) is 2.20. The van der Waals surface area contributed by atoms with Crippen LogP contribution in [-0.2, 0) is 0 Å². The number of halogens is 1. The second-order valence-corrected chi connectivity index (χ2v) is 3.73. The van der Waals surface area contributed by atoms with E-state index in [9.17, 15) is 0 Å². The summed E-state index contributed by atoms with van der Waals surface area (Å²) < 4.78 is 0.756. The SMILES string of the molecule is CNC(CO)c1ccc(C#N)c(Br)c1. The van der Waals surface area contributed by atoms with Crippen molar-refractivity contribution >= 4 is 15.9 Å². The molecule has 0 aliphatic carbocycles. The summed E-state index contributed by atoms with van der Waals surface area (Å²) in [6.45, 7) is 0.0365. The van der Waals surface area contributed by atoms with Crippen LogP contribution in [0.2, 0.25) is 0 Å². The van der Waals surface area contributed by atoms with Crippen molar-refractivity contribution in [2.24, 2.45) is 0 Å². The maximum atomic E-state index is 9.05. The molecule has 1 aromatic carbocycles. The van der Waals surface area contributed by atoms with Crippen LogP contribution in [-0.4, -0.2) is 18.8 Å². The van der Waals surface area contributed by atoms with Crippen LogP contribution < -0.4 is 5.32 Å². The first-order valence-corrected chi connectivity index (χ1v) is 5.00. The number of nitrogens with one attached hydrogen (secondary N) is 1. The third-order valence-electron chi connectivity index (χ3n) is 2.05. The zero-order valence-electron chi connectivity index (χ0n) is 7.79. The Labute approximate surface area is 91.5 Å². The third kappa shape index (κ3) is 2.32. The van der Waals surface area contributed by atoms with E-state index in [4.69, 9.17) is 10.4 Å². The largest absolute Gasteiger partial charge is 0.394 e. The van der Waals surface area contributed by atoms with Gasteiger partial charge in [0.25, 0.3) is 0 Å². The predicted molar refractivity (Wildman–Crippen MR) is 57.7 cm³/mol. The van der Waals surface area contributed by atoms with Gasteiger partial charge in [0, 0.05) is 4.47 Å². The van der Waals surface area contributed by atoms with E-state index < -0.39 is 0 Å². The lowest BCUT2D eigenvalue weighted by Crippen LogP contribution is -2.19. The number of hydrogen-bond acceptors (Lipinski definition) is 3. The minimum absolute atomic E-state index is 0.0365. The number of rotatable bonds is 3. The summed E-state index contributed by atoms with van der Waals surface area (Å²) in [6, 6.07) is 7.40. The second-order valence-electron chi connectivity index (χ2n) is 2.87. The number of likely N-dealkylation sites (N-methyl/N-ethyl adjacent to an activating group) is 1. The lowest BCUT2D eigenvalue weighted by Gasteiger charge is -2.13. The van der Waals surface area contributed by atoms with Gasteiger partial charge < -0.3 is 10.4 Å². The fourth-order valence-corrected chi connectivity index (χ4v) is 1.69. The number of nitriles is 1. The molecule has 1 rings (SSSR count). The molecule has 1 aromatic rings. The van der Waals surface area contributed by atoms with Gasteiger partial charge in [-0.3, -0.25) is 0 Å². The zero-order valence-corrected chi connectivity index (χ0v) is 9.37. The zero-order chi connectivity index (χ0) is 10.6. The fourth-order valence-electron chi connectivity index (χ4n) is 1.20. The lowest BCUT2D eigenvalue weighted by atomic mass is 10.1. The van der Waals surface area contributed by atoms with E-state index in [2.05, 4.69) is 27.3 Å². The van der Waals surface area contributed by atoms with Gasteiger partial charge in [0.2, 0.25) is 0 Å². The Morgan fingerprint density at radius 3 is 2.79 bits per heavy atom. The van der Waals surface area contributed by atoms with Crippen molar-refractivity contribution < 1.29 is 5.11 Å². The van der Waals surface area contributed by atoms with E-state index in [1.54, 1.807) is 13.1 Å². The Hall–Kier alpha value is -0.890. The van der Waals surface area contributed by atoms with Gasteiger partial charge in [0.1, 0.15) is 6.07 Å². The van der Waals surface area contributed by atoms with E-state index in [1.807, 2.05) is 12.1 Å². The average molecular weight is 255 g/mol. The molecule has 14 heavy (non-hydrogen) atoms. The van der Waals surface area contributed by atoms with Crippen molar-refractivity contribution in [3.8, 4) is 6.07 Å². The Kier molecular flexibility index (Phi) is 4.08. The molecule has 0 aromatic heterocycles. The molecule has 1 atom stereocenters. The molecule has 0 bridgehead atoms. The van der Waals surface area contributed by atoms with Crippen molar-refractivity contribution in [2.45, 2.75) is 6.04 Å². The number of benzene rings is 1. The predicted octanol–water partition coefficient (Wildman–Crippen LogP) is 1.57. The Bertz CT molecular complexity index is 356. The van der Waals surface area contributed by atoms with Crippen LogP contribution in [0.5, 0.6) is 0 Å². The van der Waals surface area contributed by atoms with Gasteiger partial charge in [-0.05, 0) is 40.7 Å². The molecule has 0 aliphatic rings. The van der Waals surface area contributed by atoms with Crippen LogP contribution in [0.15, 0.2) is 22.7 Å². The van der Waals surface area contributed by atoms with Crippen LogP contribution in [0.3, 0.4) is 0 Å². The van der Waals surface area contributed by atoms with Crippen molar-refractivity contribution in [3.63, 3.8) is 0 Å². The number of nitrogens with zero attached hydrogens (tertiary/aromatic N) is 1. The van der Waals surface area contributed by atoms with Crippen molar-refractivity contribution in [1.82, 2.24) is 5.32 Å². The molecule has 0 spiro atoms. The van der Waals surface area contributed by atoms with Gasteiger partial charge in [-0.15, -0.1) is 0 Å². The second kappa shape index (κ2) is 5.11. The third-order valence-corrected chi connectivity index (χ3v) is 2.70. The van der Waals surface area contributed by atoms with Crippen LogP contribution in [0.1, 0.15) is 17.2 Å². The highest BCUT2D eigenvalue weighted by atomic mass is 79.9. The van der Waals surface area contributed by atoms with Gasteiger partial charge in [-0.2, -0.15) is 5.26 Å². The van der Waals surface area contributed by atoms with Crippen molar-refractivity contribution in [3.05, 3.63) is 33.8 Å². The monoisotopic (exact) mass is 254 g/mol. The topological polar surface area (TPSA) is 56.0 Å². The number of aliphatic hydroxyl groups is 1. The molecule has 74 valence electrons. The molecule has 0 aliphatic heterocycles. The van der Waals surface area contributed by atoms with Crippen LogP contribution in [0.25, 0.3) is 0 Å². The van der Waals surface area contributed by atoms with E-state index in [-0.39, 0.29) is 12.6 Å². The first-order chi connectivity index (χ1) is 6.72. The van der Waals surface area contributed by atoms with Gasteiger partial charge in [0.15, 0.2) is 0 Å². The minimum Gasteiger partial charge on any atom is -0.394 e. The molecule has 3 nitrogen and oxygen atoms in total. The smallest absolute Gasteiger partial charge is 0.100 e. The number of aliphatic hydroxyl groups excluding tert-OH is 1. The first kappa shape index (κ1) is 11.2. The molecule has 0 amide bonds. The van der Waals surface area contributed by atoms with E-state index >= 15 is 0 Å². The molecule has 0 saturated heterocycles. The molecule has 2 N–H and O–H groups in total. The summed E-state index contributed by atoms with van der Waals surface area (Å²) in [6.07, 6.45) is 0. The van der Waals surface area contributed by atoms with Crippen LogP contribution >= 0.6 is 15.9 Å². The molecule has 4 heteroatoms. The highest BCUT2D eigenvalue weighted by Gasteiger charge is 2.09. The van der Waals surface area contributed by atoms with Crippen molar-refractivity contribution in [1.29, 1.82) is 5.26 Å². The van der Waals surface area contributed by atoms with Crippen molar-refractivity contribution in [2.75, 3.05) is 13.7 Å². The number of hydrogen-bond donors (Lipinski definition) is 2. The summed E-state index contributed by atoms with van der Waals surface area (Å²) in [5.74, 6) is 0. The first-order valence-electron chi connectivity index (χ1n) is 4.20. The molecular weight excluding hydrogens is 244 g/mol. The Morgan fingerprint density at radius 1 is 1.64 bits per heavy atom. The van der Waals surface area contributed by atoms with Crippen LogP contribution in [0, 0.1) is 11.3 Å². The molecule has 0 fully saturated rings. The van der Waals surface area contributed by atoms with Gasteiger partial charge >= 0.3 is 0 Å². The van der Waals surface area contributed by atoms with E-state index in [0.29, 0.717) is 5.56 Å². The molecule has 0 saturated carbocycles. The fraction of sp³-hybridized carbons (Fsp3) is 0.300. The normalized spacial score (nSPS) is 12.1. The summed E-state index contributed by atoms with van der Waals surface area (Å²) in [4.78, 5) is 0. The summed E-state index contributed by atoms with van der Waals surface area (Å²) in [5.41, 5.74) is 1.56. The van der Waals surface area contributed by atoms with Crippen LogP contribution in [0.4, 0.5) is 0 Å². The van der Waals surface area contributed by atoms with E-state index in [0.717, 1.165) is 10.0 Å².